The zero-order valence-electron chi connectivity index (χ0n) is 11.8. The maximum atomic E-state index is 6.52. The Balaban J connectivity index is 2.17. The van der Waals surface area contributed by atoms with E-state index in [1.807, 2.05) is 18.5 Å². The van der Waals surface area contributed by atoms with E-state index in [2.05, 4.69) is 55.2 Å². The minimum atomic E-state index is -0.122. The molecule has 0 aliphatic heterocycles. The van der Waals surface area contributed by atoms with Crippen molar-refractivity contribution in [3.05, 3.63) is 77.1 Å². The lowest BCUT2D eigenvalue weighted by Crippen LogP contribution is -2.14. The molecule has 0 aliphatic carbocycles. The summed E-state index contributed by atoms with van der Waals surface area (Å²) in [4.78, 5) is 4.23. The van der Waals surface area contributed by atoms with Crippen molar-refractivity contribution in [3.8, 4) is 0 Å². The summed E-state index contributed by atoms with van der Waals surface area (Å²) in [7, 11) is 0. The average molecular weight is 262 g/mol. The van der Waals surface area contributed by atoms with Gasteiger partial charge >= 0.3 is 0 Å². The Labute approximate surface area is 119 Å². The minimum Gasteiger partial charge on any atom is -0.320 e. The summed E-state index contributed by atoms with van der Waals surface area (Å²) in [5, 5.41) is 2.31. The van der Waals surface area contributed by atoms with E-state index >= 15 is 0 Å². The van der Waals surface area contributed by atoms with Crippen LogP contribution in [0.5, 0.6) is 0 Å². The Bertz CT molecular complexity index is 757. The second-order valence-electron chi connectivity index (χ2n) is 5.28. The summed E-state index contributed by atoms with van der Waals surface area (Å²) >= 11 is 0. The van der Waals surface area contributed by atoms with Gasteiger partial charge in [-0.25, -0.2) is 0 Å². The molecule has 0 saturated heterocycles. The van der Waals surface area contributed by atoms with Gasteiger partial charge in [-0.15, -0.1) is 0 Å². The molecule has 0 amide bonds. The van der Waals surface area contributed by atoms with Crippen molar-refractivity contribution >= 4 is 10.8 Å². The first kappa shape index (κ1) is 12.8. The molecule has 0 bridgehead atoms. The van der Waals surface area contributed by atoms with Crippen LogP contribution in [0.3, 0.4) is 0 Å². The van der Waals surface area contributed by atoms with E-state index in [4.69, 9.17) is 5.73 Å². The number of fused-ring (bicyclic) bond motifs is 1. The van der Waals surface area contributed by atoms with Gasteiger partial charge in [-0.05, 0) is 42.0 Å². The van der Waals surface area contributed by atoms with Crippen LogP contribution in [0.4, 0.5) is 0 Å². The minimum absolute atomic E-state index is 0.122. The lowest BCUT2D eigenvalue weighted by atomic mass is 9.92. The molecule has 1 aromatic heterocycles. The highest BCUT2D eigenvalue weighted by Crippen LogP contribution is 2.28. The molecular formula is C18H18N2. The predicted molar refractivity (Wildman–Crippen MR) is 83.7 cm³/mol. The summed E-state index contributed by atoms with van der Waals surface area (Å²) in [6.45, 7) is 4.21. The fraction of sp³-hybridized carbons (Fsp3) is 0.167. The molecular weight excluding hydrogens is 244 g/mol. The van der Waals surface area contributed by atoms with Crippen molar-refractivity contribution in [1.82, 2.24) is 4.98 Å². The maximum absolute atomic E-state index is 6.52. The molecule has 2 N–H and O–H groups in total. The largest absolute Gasteiger partial charge is 0.320 e. The Morgan fingerprint density at radius 2 is 1.85 bits per heavy atom. The van der Waals surface area contributed by atoms with Gasteiger partial charge < -0.3 is 5.73 Å². The maximum Gasteiger partial charge on any atom is 0.0561 e. The molecule has 0 fully saturated rings. The lowest BCUT2D eigenvalue weighted by molar-refractivity contribution is 0.868. The van der Waals surface area contributed by atoms with E-state index in [-0.39, 0.29) is 6.04 Å². The van der Waals surface area contributed by atoms with Crippen LogP contribution in [0.25, 0.3) is 10.8 Å². The Hall–Kier alpha value is -2.19. The average Bonchev–Trinajstić information content (AvgIpc) is 2.48. The third kappa shape index (κ3) is 2.19. The topological polar surface area (TPSA) is 38.9 Å². The first-order valence-corrected chi connectivity index (χ1v) is 6.82. The lowest BCUT2D eigenvalue weighted by Gasteiger charge is -2.18. The van der Waals surface area contributed by atoms with E-state index in [1.54, 1.807) is 0 Å². The van der Waals surface area contributed by atoms with E-state index < -0.39 is 0 Å². The number of hydrogen-bond acceptors (Lipinski definition) is 2. The van der Waals surface area contributed by atoms with Crippen LogP contribution in [-0.2, 0) is 0 Å². The standard InChI is InChI=1S/C18H18N2/c1-12-6-7-13(2)16(10-12)18(19)15-5-3-4-14-8-9-20-11-17(14)15/h3-11,18H,19H2,1-2H3. The molecule has 2 heteroatoms. The van der Waals surface area contributed by atoms with Gasteiger partial charge in [-0.2, -0.15) is 0 Å². The molecule has 1 atom stereocenters. The van der Waals surface area contributed by atoms with Crippen molar-refractivity contribution in [1.29, 1.82) is 0 Å². The number of nitrogens with two attached hydrogens (primary N) is 1. The molecule has 2 nitrogen and oxygen atoms in total. The van der Waals surface area contributed by atoms with Gasteiger partial charge in [0.25, 0.3) is 0 Å². The zero-order chi connectivity index (χ0) is 14.1. The normalized spacial score (nSPS) is 12.6. The fourth-order valence-corrected chi connectivity index (χ4v) is 2.67. The Morgan fingerprint density at radius 1 is 1.00 bits per heavy atom. The number of aromatic nitrogens is 1. The van der Waals surface area contributed by atoms with E-state index in [0.717, 1.165) is 10.9 Å². The highest BCUT2D eigenvalue weighted by atomic mass is 14.7. The smallest absolute Gasteiger partial charge is 0.0561 e. The van der Waals surface area contributed by atoms with Crippen LogP contribution in [0.2, 0.25) is 0 Å². The number of pyridine rings is 1. The zero-order valence-corrected chi connectivity index (χ0v) is 11.8. The molecule has 3 aromatic rings. The number of benzene rings is 2. The van der Waals surface area contributed by atoms with Gasteiger partial charge in [-0.3, -0.25) is 4.98 Å². The Kier molecular flexibility index (Phi) is 3.25. The van der Waals surface area contributed by atoms with Crippen molar-refractivity contribution in [3.63, 3.8) is 0 Å². The number of nitrogens with zero attached hydrogens (tertiary/aromatic N) is 1. The van der Waals surface area contributed by atoms with E-state index in [1.165, 1.54) is 22.1 Å². The molecule has 1 unspecified atom stereocenters. The SMILES string of the molecule is Cc1ccc(C)c(C(N)c2cccc3ccncc23)c1. The fourth-order valence-electron chi connectivity index (χ4n) is 2.67. The van der Waals surface area contributed by atoms with E-state index in [0.29, 0.717) is 0 Å². The first-order chi connectivity index (χ1) is 9.66. The van der Waals surface area contributed by atoms with Crippen LogP contribution in [0.1, 0.15) is 28.3 Å². The van der Waals surface area contributed by atoms with Crippen molar-refractivity contribution in [2.24, 2.45) is 5.73 Å². The third-order valence-corrected chi connectivity index (χ3v) is 3.82. The van der Waals surface area contributed by atoms with Gasteiger partial charge in [0, 0.05) is 17.8 Å². The van der Waals surface area contributed by atoms with Gasteiger partial charge in [-0.1, -0.05) is 42.0 Å². The molecule has 1 heterocycles. The van der Waals surface area contributed by atoms with Crippen molar-refractivity contribution in [2.45, 2.75) is 19.9 Å². The molecule has 100 valence electrons. The monoisotopic (exact) mass is 262 g/mol. The van der Waals surface area contributed by atoms with Gasteiger partial charge in [0.15, 0.2) is 0 Å². The molecule has 0 saturated carbocycles. The summed E-state index contributed by atoms with van der Waals surface area (Å²) in [6.07, 6.45) is 3.71. The first-order valence-electron chi connectivity index (χ1n) is 6.82. The predicted octanol–water partition coefficient (Wildman–Crippen LogP) is 3.90. The summed E-state index contributed by atoms with van der Waals surface area (Å²) in [5.41, 5.74) is 11.3. The molecule has 20 heavy (non-hydrogen) atoms. The molecule has 0 aliphatic rings. The van der Waals surface area contributed by atoms with Crippen LogP contribution in [-0.4, -0.2) is 4.98 Å². The summed E-state index contributed by atoms with van der Waals surface area (Å²) in [5.74, 6) is 0. The second-order valence-corrected chi connectivity index (χ2v) is 5.28. The van der Waals surface area contributed by atoms with Gasteiger partial charge in [0.2, 0.25) is 0 Å². The number of aryl methyl sites for hydroxylation is 2. The van der Waals surface area contributed by atoms with E-state index in [9.17, 15) is 0 Å². The second kappa shape index (κ2) is 5.06. The van der Waals surface area contributed by atoms with Gasteiger partial charge in [0.1, 0.15) is 0 Å². The molecule has 0 spiro atoms. The Morgan fingerprint density at radius 3 is 2.70 bits per heavy atom. The quantitative estimate of drug-likeness (QED) is 0.760. The number of hydrogen-bond donors (Lipinski definition) is 1. The van der Waals surface area contributed by atoms with Crippen molar-refractivity contribution in [2.75, 3.05) is 0 Å². The highest BCUT2D eigenvalue weighted by Gasteiger charge is 2.14. The highest BCUT2D eigenvalue weighted by molar-refractivity contribution is 5.85. The van der Waals surface area contributed by atoms with Crippen LogP contribution in [0.15, 0.2) is 54.9 Å². The number of rotatable bonds is 2. The summed E-state index contributed by atoms with van der Waals surface area (Å²) in [6, 6.07) is 14.6. The van der Waals surface area contributed by atoms with Crippen LogP contribution < -0.4 is 5.73 Å². The molecule has 2 aromatic carbocycles. The third-order valence-electron chi connectivity index (χ3n) is 3.82. The molecule has 3 rings (SSSR count). The molecule has 0 radical (unpaired) electrons. The van der Waals surface area contributed by atoms with Gasteiger partial charge in [0.05, 0.1) is 6.04 Å². The van der Waals surface area contributed by atoms with Crippen LogP contribution >= 0.6 is 0 Å². The van der Waals surface area contributed by atoms with Crippen LogP contribution in [0, 0.1) is 13.8 Å². The van der Waals surface area contributed by atoms with Crippen molar-refractivity contribution < 1.29 is 0 Å². The summed E-state index contributed by atoms with van der Waals surface area (Å²) < 4.78 is 0.